The lowest BCUT2D eigenvalue weighted by Crippen LogP contribution is -2.52. The lowest BCUT2D eigenvalue weighted by Gasteiger charge is -2.39. The molecule has 1 aliphatic rings. The van der Waals surface area contributed by atoms with Crippen molar-refractivity contribution in [1.82, 2.24) is 4.90 Å². The number of likely N-dealkylation sites (tertiary alicyclic amines) is 1. The predicted molar refractivity (Wildman–Crippen MR) is 51.8 cm³/mol. The van der Waals surface area contributed by atoms with Gasteiger partial charge in [-0.2, -0.15) is 0 Å². The lowest BCUT2D eigenvalue weighted by atomic mass is 9.94. The second kappa shape index (κ2) is 4.44. The molecule has 0 radical (unpaired) electrons. The van der Waals surface area contributed by atoms with E-state index in [-0.39, 0.29) is 24.2 Å². The number of hydrogen-bond acceptors (Lipinski definition) is 2. The maximum Gasteiger partial charge on any atom is 0.303 e. The Morgan fingerprint density at radius 3 is 2.50 bits per heavy atom. The van der Waals surface area contributed by atoms with Gasteiger partial charge in [-0.25, -0.2) is 0 Å². The number of carboxylic acids is 1. The van der Waals surface area contributed by atoms with Crippen molar-refractivity contribution in [2.24, 2.45) is 11.8 Å². The van der Waals surface area contributed by atoms with Gasteiger partial charge in [-0.15, -0.1) is 0 Å². The molecule has 0 saturated carbocycles. The van der Waals surface area contributed by atoms with Gasteiger partial charge in [-0.3, -0.25) is 9.59 Å². The normalized spacial score (nSPS) is 18.9. The molecule has 1 atom stereocenters. The van der Waals surface area contributed by atoms with E-state index in [9.17, 15) is 9.59 Å². The molecular weight excluding hydrogens is 182 g/mol. The van der Waals surface area contributed by atoms with E-state index in [1.54, 1.807) is 4.90 Å². The minimum atomic E-state index is -0.773. The van der Waals surface area contributed by atoms with Gasteiger partial charge in [-0.1, -0.05) is 13.8 Å². The number of hydrogen-bond donors (Lipinski definition) is 1. The van der Waals surface area contributed by atoms with Gasteiger partial charge < -0.3 is 10.0 Å². The number of carbonyl (C=O) groups excluding carboxylic acids is 1. The Morgan fingerprint density at radius 2 is 2.07 bits per heavy atom. The van der Waals surface area contributed by atoms with Crippen LogP contribution in [-0.4, -0.2) is 35.0 Å². The van der Waals surface area contributed by atoms with Crippen LogP contribution in [0.1, 0.15) is 26.7 Å². The fraction of sp³-hybridized carbons (Fsp3) is 0.800. The Morgan fingerprint density at radius 1 is 1.50 bits per heavy atom. The first kappa shape index (κ1) is 11.0. The average molecular weight is 199 g/mol. The van der Waals surface area contributed by atoms with E-state index < -0.39 is 5.97 Å². The van der Waals surface area contributed by atoms with Gasteiger partial charge in [0.25, 0.3) is 0 Å². The van der Waals surface area contributed by atoms with Crippen LogP contribution in [0, 0.1) is 11.8 Å². The molecule has 4 nitrogen and oxygen atoms in total. The van der Waals surface area contributed by atoms with Crippen LogP contribution < -0.4 is 0 Å². The van der Waals surface area contributed by atoms with E-state index >= 15 is 0 Å². The maximum absolute atomic E-state index is 11.6. The van der Waals surface area contributed by atoms with E-state index in [0.29, 0.717) is 13.1 Å². The van der Waals surface area contributed by atoms with Gasteiger partial charge in [-0.05, 0) is 6.42 Å². The lowest BCUT2D eigenvalue weighted by molar-refractivity contribution is -0.147. The summed E-state index contributed by atoms with van der Waals surface area (Å²) in [5, 5.41) is 8.53. The minimum Gasteiger partial charge on any atom is -0.481 e. The summed E-state index contributed by atoms with van der Waals surface area (Å²) in [6.45, 7) is 5.13. The number of carbonyl (C=O) groups is 2. The van der Waals surface area contributed by atoms with E-state index in [1.807, 2.05) is 13.8 Å². The first-order chi connectivity index (χ1) is 6.54. The Balaban J connectivity index is 2.27. The predicted octanol–water partition coefficient (Wildman–Crippen LogP) is 0.966. The Hall–Kier alpha value is -1.06. The summed E-state index contributed by atoms with van der Waals surface area (Å²) in [5.74, 6) is -0.374. The van der Waals surface area contributed by atoms with Crippen molar-refractivity contribution in [3.8, 4) is 0 Å². The van der Waals surface area contributed by atoms with Crippen molar-refractivity contribution in [1.29, 1.82) is 0 Å². The van der Waals surface area contributed by atoms with Crippen LogP contribution in [-0.2, 0) is 9.59 Å². The standard InChI is InChI=1S/C10H17NO3/c1-3-7(2)10(14)11-5-8(6-11)4-9(12)13/h7-8H,3-6H2,1-2H3,(H,12,13). The molecule has 1 rings (SSSR count). The van der Waals surface area contributed by atoms with E-state index in [1.165, 1.54) is 0 Å². The van der Waals surface area contributed by atoms with Crippen molar-refractivity contribution >= 4 is 11.9 Å². The second-order valence-corrected chi connectivity index (χ2v) is 4.02. The van der Waals surface area contributed by atoms with Crippen LogP contribution in [0.4, 0.5) is 0 Å². The third-order valence-corrected chi connectivity index (χ3v) is 2.77. The van der Waals surface area contributed by atoms with Crippen molar-refractivity contribution < 1.29 is 14.7 Å². The molecule has 0 aromatic rings. The van der Waals surface area contributed by atoms with E-state index in [4.69, 9.17) is 5.11 Å². The molecule has 14 heavy (non-hydrogen) atoms. The highest BCUT2D eigenvalue weighted by Gasteiger charge is 2.33. The van der Waals surface area contributed by atoms with Crippen LogP contribution in [0.3, 0.4) is 0 Å². The minimum absolute atomic E-state index is 0.0702. The van der Waals surface area contributed by atoms with Gasteiger partial charge in [0.15, 0.2) is 0 Å². The van der Waals surface area contributed by atoms with Crippen molar-refractivity contribution in [2.45, 2.75) is 26.7 Å². The van der Waals surface area contributed by atoms with Crippen LogP contribution >= 0.6 is 0 Å². The first-order valence-corrected chi connectivity index (χ1v) is 5.05. The van der Waals surface area contributed by atoms with E-state index in [0.717, 1.165) is 6.42 Å². The monoisotopic (exact) mass is 199 g/mol. The molecule has 0 aliphatic carbocycles. The second-order valence-electron chi connectivity index (χ2n) is 4.02. The largest absolute Gasteiger partial charge is 0.481 e. The summed E-state index contributed by atoms with van der Waals surface area (Å²) in [7, 11) is 0. The quantitative estimate of drug-likeness (QED) is 0.733. The van der Waals surface area contributed by atoms with Crippen molar-refractivity contribution in [3.63, 3.8) is 0 Å². The van der Waals surface area contributed by atoms with Gasteiger partial charge in [0.05, 0.1) is 6.42 Å². The molecule has 1 saturated heterocycles. The van der Waals surface area contributed by atoms with Crippen molar-refractivity contribution in [2.75, 3.05) is 13.1 Å². The summed E-state index contributed by atoms with van der Waals surface area (Å²) in [6.07, 6.45) is 1.03. The number of amides is 1. The molecule has 0 spiro atoms. The molecule has 1 unspecified atom stereocenters. The molecule has 0 bridgehead atoms. The Kier molecular flexibility index (Phi) is 3.49. The zero-order valence-corrected chi connectivity index (χ0v) is 8.69. The highest BCUT2D eigenvalue weighted by Crippen LogP contribution is 2.21. The highest BCUT2D eigenvalue weighted by molar-refractivity contribution is 5.79. The zero-order chi connectivity index (χ0) is 10.7. The average Bonchev–Trinajstić information content (AvgIpc) is 2.07. The fourth-order valence-corrected chi connectivity index (χ4v) is 1.61. The van der Waals surface area contributed by atoms with Crippen LogP contribution in [0.2, 0.25) is 0 Å². The SMILES string of the molecule is CCC(C)C(=O)N1CC(CC(=O)O)C1. The third kappa shape index (κ3) is 2.47. The number of nitrogens with zero attached hydrogens (tertiary/aromatic N) is 1. The van der Waals surface area contributed by atoms with Gasteiger partial charge in [0.1, 0.15) is 0 Å². The topological polar surface area (TPSA) is 57.6 Å². The van der Waals surface area contributed by atoms with Gasteiger partial charge >= 0.3 is 5.97 Å². The Bertz CT molecular complexity index is 234. The van der Waals surface area contributed by atoms with Crippen LogP contribution in [0.5, 0.6) is 0 Å². The molecule has 1 amide bonds. The van der Waals surface area contributed by atoms with E-state index in [2.05, 4.69) is 0 Å². The van der Waals surface area contributed by atoms with Gasteiger partial charge in [0.2, 0.25) is 5.91 Å². The highest BCUT2D eigenvalue weighted by atomic mass is 16.4. The van der Waals surface area contributed by atoms with Crippen LogP contribution in [0.25, 0.3) is 0 Å². The number of carboxylic acid groups (broad SMARTS) is 1. The summed E-state index contributed by atoms with van der Waals surface area (Å²) < 4.78 is 0. The zero-order valence-electron chi connectivity index (χ0n) is 8.69. The number of aliphatic carboxylic acids is 1. The molecule has 4 heteroatoms. The molecule has 80 valence electrons. The molecule has 1 heterocycles. The summed E-state index contributed by atoms with van der Waals surface area (Å²) >= 11 is 0. The smallest absolute Gasteiger partial charge is 0.303 e. The Labute approximate surface area is 83.9 Å². The van der Waals surface area contributed by atoms with Crippen LogP contribution in [0.15, 0.2) is 0 Å². The molecule has 1 N–H and O–H groups in total. The molecule has 0 aromatic heterocycles. The molecule has 1 fully saturated rings. The molecule has 1 aliphatic heterocycles. The number of rotatable bonds is 4. The summed E-state index contributed by atoms with van der Waals surface area (Å²) in [6, 6.07) is 0. The van der Waals surface area contributed by atoms with Gasteiger partial charge in [0, 0.05) is 24.9 Å². The summed E-state index contributed by atoms with van der Waals surface area (Å²) in [5.41, 5.74) is 0. The summed E-state index contributed by atoms with van der Waals surface area (Å²) in [4.78, 5) is 23.7. The third-order valence-electron chi connectivity index (χ3n) is 2.77. The maximum atomic E-state index is 11.6. The molecule has 0 aromatic carbocycles. The first-order valence-electron chi connectivity index (χ1n) is 5.05. The fourth-order valence-electron chi connectivity index (χ4n) is 1.61. The molecular formula is C10H17NO3. The van der Waals surface area contributed by atoms with Crippen molar-refractivity contribution in [3.05, 3.63) is 0 Å².